The van der Waals surface area contributed by atoms with E-state index in [0.717, 1.165) is 22.4 Å². The number of urea groups is 1. The number of aryl methyl sites for hydroxylation is 1. The molecular formula is C28H29N3O5. The van der Waals surface area contributed by atoms with E-state index < -0.39 is 18.0 Å². The van der Waals surface area contributed by atoms with E-state index in [1.54, 1.807) is 43.5 Å². The molecule has 4 amide bonds. The molecular weight excluding hydrogens is 458 g/mol. The van der Waals surface area contributed by atoms with Crippen LogP contribution >= 0.6 is 0 Å². The topological polar surface area (TPSA) is 88.2 Å². The van der Waals surface area contributed by atoms with Gasteiger partial charge in [0, 0.05) is 18.3 Å². The van der Waals surface area contributed by atoms with Crippen molar-refractivity contribution in [1.29, 1.82) is 0 Å². The molecule has 8 nitrogen and oxygen atoms in total. The summed E-state index contributed by atoms with van der Waals surface area (Å²) in [6.45, 7) is 2.20. The number of hydrogen-bond acceptors (Lipinski definition) is 5. The maximum atomic E-state index is 13.5. The lowest BCUT2D eigenvalue weighted by Gasteiger charge is -2.22. The molecule has 4 rings (SSSR count). The lowest BCUT2D eigenvalue weighted by Crippen LogP contribution is -2.37. The summed E-state index contributed by atoms with van der Waals surface area (Å²) in [7, 11) is 3.08. The van der Waals surface area contributed by atoms with Crippen molar-refractivity contribution in [3.8, 4) is 11.5 Å². The van der Waals surface area contributed by atoms with Gasteiger partial charge in [-0.15, -0.1) is 0 Å². The number of ether oxygens (including phenoxy) is 2. The van der Waals surface area contributed by atoms with Crippen LogP contribution in [0.25, 0.3) is 0 Å². The number of carbonyl (C=O) groups excluding carboxylic acids is 3. The number of methoxy groups -OCH3 is 2. The molecule has 0 saturated carbocycles. The van der Waals surface area contributed by atoms with Gasteiger partial charge in [0.15, 0.2) is 0 Å². The van der Waals surface area contributed by atoms with Crippen molar-refractivity contribution < 1.29 is 23.9 Å². The van der Waals surface area contributed by atoms with Crippen LogP contribution in [0.1, 0.15) is 24.5 Å². The lowest BCUT2D eigenvalue weighted by molar-refractivity contribution is -0.124. The number of hydrogen-bond donors (Lipinski definition) is 1. The predicted octanol–water partition coefficient (Wildman–Crippen LogP) is 4.63. The second-order valence-electron chi connectivity index (χ2n) is 8.46. The molecule has 0 unspecified atom stereocenters. The van der Waals surface area contributed by atoms with Crippen LogP contribution in [0.3, 0.4) is 0 Å². The number of carbonyl (C=O) groups is 3. The van der Waals surface area contributed by atoms with Crippen LogP contribution < -0.4 is 19.7 Å². The first-order valence-electron chi connectivity index (χ1n) is 11.7. The Hall–Kier alpha value is -4.33. The first kappa shape index (κ1) is 24.8. The van der Waals surface area contributed by atoms with Crippen LogP contribution in [0.15, 0.2) is 72.8 Å². The summed E-state index contributed by atoms with van der Waals surface area (Å²) in [6.07, 6.45) is 0.719. The van der Waals surface area contributed by atoms with Crippen LogP contribution in [0.2, 0.25) is 0 Å². The van der Waals surface area contributed by atoms with E-state index in [2.05, 4.69) is 12.2 Å². The maximum Gasteiger partial charge on any atom is 0.332 e. The zero-order chi connectivity index (χ0) is 25.7. The third-order valence-electron chi connectivity index (χ3n) is 6.14. The average molecular weight is 488 g/mol. The van der Waals surface area contributed by atoms with Gasteiger partial charge >= 0.3 is 6.03 Å². The highest BCUT2D eigenvalue weighted by Crippen LogP contribution is 2.31. The Morgan fingerprint density at radius 3 is 2.22 bits per heavy atom. The van der Waals surface area contributed by atoms with E-state index in [-0.39, 0.29) is 18.9 Å². The fourth-order valence-corrected chi connectivity index (χ4v) is 4.18. The summed E-state index contributed by atoms with van der Waals surface area (Å²) in [4.78, 5) is 42.5. The molecule has 0 spiro atoms. The molecule has 1 fully saturated rings. The summed E-state index contributed by atoms with van der Waals surface area (Å²) >= 11 is 0. The van der Waals surface area contributed by atoms with Crippen LogP contribution in [0.4, 0.5) is 16.2 Å². The first-order valence-corrected chi connectivity index (χ1v) is 11.7. The van der Waals surface area contributed by atoms with Gasteiger partial charge in [-0.1, -0.05) is 37.3 Å². The number of benzene rings is 3. The molecule has 36 heavy (non-hydrogen) atoms. The molecule has 1 N–H and O–H groups in total. The van der Waals surface area contributed by atoms with Crippen molar-refractivity contribution in [2.45, 2.75) is 32.4 Å². The summed E-state index contributed by atoms with van der Waals surface area (Å²) in [5, 5.41) is 2.84. The van der Waals surface area contributed by atoms with Gasteiger partial charge in [0.25, 0.3) is 5.91 Å². The number of anilines is 2. The van der Waals surface area contributed by atoms with Crippen molar-refractivity contribution in [1.82, 2.24) is 4.90 Å². The van der Waals surface area contributed by atoms with Gasteiger partial charge in [0.2, 0.25) is 5.91 Å². The van der Waals surface area contributed by atoms with Gasteiger partial charge in [-0.25, -0.2) is 9.69 Å². The average Bonchev–Trinajstić information content (AvgIpc) is 3.13. The standard InChI is InChI=1S/C28H29N3O5/c1-4-19-11-13-21(14-12-19)29-26(32)17-25-27(33)31(22-8-6-10-24(16-22)36-3)28(34)30(25)18-20-7-5-9-23(15-20)35-2/h5-16,25H,4,17-18H2,1-3H3,(H,29,32)/t25-/m1/s1. The Morgan fingerprint density at radius 1 is 0.889 bits per heavy atom. The van der Waals surface area contributed by atoms with Gasteiger partial charge in [-0.2, -0.15) is 0 Å². The highest BCUT2D eigenvalue weighted by Gasteiger charge is 2.46. The molecule has 1 aliphatic rings. The quantitative estimate of drug-likeness (QED) is 0.445. The third kappa shape index (κ3) is 5.33. The lowest BCUT2D eigenvalue weighted by atomic mass is 10.1. The minimum atomic E-state index is -0.968. The Kier molecular flexibility index (Phi) is 7.53. The third-order valence-corrected chi connectivity index (χ3v) is 6.14. The molecule has 0 bridgehead atoms. The van der Waals surface area contributed by atoms with Crippen molar-refractivity contribution in [2.75, 3.05) is 24.4 Å². The molecule has 1 aliphatic heterocycles. The van der Waals surface area contributed by atoms with Gasteiger partial charge in [0.05, 0.1) is 26.3 Å². The number of imide groups is 1. The van der Waals surface area contributed by atoms with Crippen LogP contribution in [-0.2, 0) is 22.6 Å². The first-order chi connectivity index (χ1) is 17.4. The molecule has 3 aromatic carbocycles. The highest BCUT2D eigenvalue weighted by molar-refractivity contribution is 6.22. The molecule has 0 aromatic heterocycles. The van der Waals surface area contributed by atoms with E-state index in [0.29, 0.717) is 22.9 Å². The van der Waals surface area contributed by atoms with Crippen LogP contribution in [0, 0.1) is 0 Å². The van der Waals surface area contributed by atoms with Gasteiger partial charge in [-0.3, -0.25) is 9.59 Å². The number of amides is 4. The van der Waals surface area contributed by atoms with E-state index in [1.807, 2.05) is 36.4 Å². The predicted molar refractivity (Wildman–Crippen MR) is 137 cm³/mol. The molecule has 3 aromatic rings. The van der Waals surface area contributed by atoms with E-state index in [4.69, 9.17) is 9.47 Å². The number of nitrogens with one attached hydrogen (secondary N) is 1. The maximum absolute atomic E-state index is 13.5. The van der Waals surface area contributed by atoms with Gasteiger partial charge < -0.3 is 19.7 Å². The highest BCUT2D eigenvalue weighted by atomic mass is 16.5. The number of nitrogens with zero attached hydrogens (tertiary/aromatic N) is 2. The smallest absolute Gasteiger partial charge is 0.332 e. The summed E-state index contributed by atoms with van der Waals surface area (Å²) in [5.41, 5.74) is 2.96. The largest absolute Gasteiger partial charge is 0.497 e. The van der Waals surface area contributed by atoms with Crippen LogP contribution in [-0.4, -0.2) is 43.0 Å². The molecule has 8 heteroatoms. The molecule has 1 saturated heterocycles. The zero-order valence-electron chi connectivity index (χ0n) is 20.6. The number of rotatable bonds is 9. The fraction of sp³-hybridized carbons (Fsp3) is 0.250. The van der Waals surface area contributed by atoms with Gasteiger partial charge in [-0.05, 0) is 53.9 Å². The Balaban J connectivity index is 1.61. The monoisotopic (exact) mass is 487 g/mol. The van der Waals surface area contributed by atoms with Crippen molar-refractivity contribution in [3.05, 3.63) is 83.9 Å². The van der Waals surface area contributed by atoms with Gasteiger partial charge in [0.1, 0.15) is 17.5 Å². The Labute approximate surface area is 210 Å². The summed E-state index contributed by atoms with van der Waals surface area (Å²) < 4.78 is 10.6. The fourth-order valence-electron chi connectivity index (χ4n) is 4.18. The summed E-state index contributed by atoms with van der Waals surface area (Å²) in [5.74, 6) is 0.338. The molecule has 0 aliphatic carbocycles. The van der Waals surface area contributed by atoms with E-state index in [9.17, 15) is 14.4 Å². The van der Waals surface area contributed by atoms with E-state index in [1.165, 1.54) is 12.0 Å². The molecule has 1 atom stereocenters. The normalized spacial score (nSPS) is 15.2. The van der Waals surface area contributed by atoms with Crippen molar-refractivity contribution in [2.24, 2.45) is 0 Å². The molecule has 186 valence electrons. The minimum absolute atomic E-state index is 0.144. The summed E-state index contributed by atoms with van der Waals surface area (Å²) in [6, 6.07) is 20.1. The minimum Gasteiger partial charge on any atom is -0.497 e. The molecule has 1 heterocycles. The van der Waals surface area contributed by atoms with E-state index >= 15 is 0 Å². The second kappa shape index (κ2) is 10.9. The SMILES string of the molecule is CCc1ccc(NC(=O)C[C@@H]2C(=O)N(c3cccc(OC)c3)C(=O)N2Cc2cccc(OC)c2)cc1. The Bertz CT molecular complexity index is 1260. The Morgan fingerprint density at radius 2 is 1.56 bits per heavy atom. The van der Waals surface area contributed by atoms with Crippen LogP contribution in [0.5, 0.6) is 11.5 Å². The van der Waals surface area contributed by atoms with Crippen molar-refractivity contribution >= 4 is 29.2 Å². The molecule has 0 radical (unpaired) electrons. The second-order valence-corrected chi connectivity index (χ2v) is 8.46. The zero-order valence-corrected chi connectivity index (χ0v) is 20.6. The van der Waals surface area contributed by atoms with Crippen molar-refractivity contribution in [3.63, 3.8) is 0 Å².